The highest BCUT2D eigenvalue weighted by Crippen LogP contribution is 2.07. The predicted molar refractivity (Wildman–Crippen MR) is 113 cm³/mol. The van der Waals surface area contributed by atoms with E-state index in [1.165, 1.54) is 31.4 Å². The summed E-state index contributed by atoms with van der Waals surface area (Å²) in [5, 5.41) is 2.88. The fraction of sp³-hybridized carbons (Fsp3) is 0.238. The molecule has 29 heavy (non-hydrogen) atoms. The van der Waals surface area contributed by atoms with Crippen molar-refractivity contribution in [3.8, 4) is 0 Å². The van der Waals surface area contributed by atoms with Gasteiger partial charge in [-0.05, 0) is 48.5 Å². The molecule has 2 aromatic rings. The van der Waals surface area contributed by atoms with Crippen molar-refractivity contribution in [3.63, 3.8) is 0 Å². The SMILES string of the molecule is COC(=O)c1ccc(C(=O)NC(=S)N(CCC(N)=O)CCc2ccccc2)cc1. The van der Waals surface area contributed by atoms with E-state index in [9.17, 15) is 14.4 Å². The van der Waals surface area contributed by atoms with Gasteiger partial charge in [-0.15, -0.1) is 0 Å². The quantitative estimate of drug-likeness (QED) is 0.506. The Morgan fingerprint density at radius 1 is 1.00 bits per heavy atom. The maximum Gasteiger partial charge on any atom is 0.337 e. The molecule has 0 aliphatic heterocycles. The first kappa shape index (κ1) is 22.0. The molecular formula is C21H23N3O4S. The number of esters is 1. The largest absolute Gasteiger partial charge is 0.465 e. The molecular weight excluding hydrogens is 390 g/mol. The van der Waals surface area contributed by atoms with Gasteiger partial charge in [0.2, 0.25) is 5.91 Å². The molecule has 0 unspecified atom stereocenters. The van der Waals surface area contributed by atoms with Gasteiger partial charge in [-0.2, -0.15) is 0 Å². The van der Waals surface area contributed by atoms with Crippen LogP contribution < -0.4 is 11.1 Å². The fourth-order valence-corrected chi connectivity index (χ4v) is 2.87. The van der Waals surface area contributed by atoms with Gasteiger partial charge < -0.3 is 15.4 Å². The van der Waals surface area contributed by atoms with Crippen LogP contribution in [0.3, 0.4) is 0 Å². The van der Waals surface area contributed by atoms with Crippen molar-refractivity contribution in [2.24, 2.45) is 5.73 Å². The minimum atomic E-state index is -0.481. The standard InChI is InChI=1S/C21H23N3O4S/c1-28-20(27)17-9-7-16(8-10-17)19(26)23-21(29)24(14-12-18(22)25)13-11-15-5-3-2-4-6-15/h2-10H,11-14H2,1H3,(H2,22,25)(H,23,26,29). The van der Waals surface area contributed by atoms with Crippen LogP contribution in [-0.4, -0.2) is 48.0 Å². The maximum atomic E-state index is 12.5. The number of nitrogens with zero attached hydrogens (tertiary/aromatic N) is 1. The predicted octanol–water partition coefficient (Wildman–Crippen LogP) is 1.91. The second kappa shape index (κ2) is 10.9. The summed E-state index contributed by atoms with van der Waals surface area (Å²) < 4.78 is 4.64. The molecule has 0 aromatic heterocycles. The van der Waals surface area contributed by atoms with E-state index in [4.69, 9.17) is 18.0 Å². The third kappa shape index (κ3) is 7.00. The Hall–Kier alpha value is -3.26. The summed E-state index contributed by atoms with van der Waals surface area (Å²) in [4.78, 5) is 36.9. The van der Waals surface area contributed by atoms with Crippen molar-refractivity contribution in [1.82, 2.24) is 10.2 Å². The van der Waals surface area contributed by atoms with Crippen LogP contribution in [0.2, 0.25) is 0 Å². The van der Waals surface area contributed by atoms with Gasteiger partial charge in [0, 0.05) is 25.1 Å². The molecule has 152 valence electrons. The average Bonchev–Trinajstić information content (AvgIpc) is 2.73. The molecule has 0 spiro atoms. The van der Waals surface area contributed by atoms with Crippen LogP contribution >= 0.6 is 12.2 Å². The monoisotopic (exact) mass is 413 g/mol. The Labute approximate surface area is 174 Å². The molecule has 0 heterocycles. The summed E-state index contributed by atoms with van der Waals surface area (Å²) in [7, 11) is 1.29. The number of carbonyl (C=O) groups excluding carboxylic acids is 3. The topological polar surface area (TPSA) is 102 Å². The number of rotatable bonds is 8. The lowest BCUT2D eigenvalue weighted by atomic mass is 10.1. The Kier molecular flexibility index (Phi) is 8.29. The summed E-state index contributed by atoms with van der Waals surface area (Å²) in [6, 6.07) is 15.9. The van der Waals surface area contributed by atoms with Gasteiger partial charge in [0.1, 0.15) is 0 Å². The molecule has 3 N–H and O–H groups in total. The summed E-state index contributed by atoms with van der Waals surface area (Å²) in [6.07, 6.45) is 0.821. The van der Waals surface area contributed by atoms with Crippen molar-refractivity contribution < 1.29 is 19.1 Å². The van der Waals surface area contributed by atoms with Gasteiger partial charge in [-0.3, -0.25) is 14.9 Å². The Morgan fingerprint density at radius 3 is 2.21 bits per heavy atom. The van der Waals surface area contributed by atoms with Crippen LogP contribution in [-0.2, 0) is 16.0 Å². The summed E-state index contributed by atoms with van der Waals surface area (Å²) in [6.45, 7) is 0.834. The molecule has 0 radical (unpaired) electrons. The van der Waals surface area contributed by atoms with E-state index in [1.807, 2.05) is 30.3 Å². The van der Waals surface area contributed by atoms with Crippen LogP contribution in [0.25, 0.3) is 0 Å². The number of nitrogens with one attached hydrogen (secondary N) is 1. The van der Waals surface area contributed by atoms with Gasteiger partial charge in [0.15, 0.2) is 5.11 Å². The minimum absolute atomic E-state index is 0.124. The molecule has 0 aliphatic rings. The maximum absolute atomic E-state index is 12.5. The Morgan fingerprint density at radius 2 is 1.62 bits per heavy atom. The lowest BCUT2D eigenvalue weighted by Crippen LogP contribution is -2.44. The Bertz CT molecular complexity index is 869. The molecule has 7 nitrogen and oxygen atoms in total. The highest BCUT2D eigenvalue weighted by molar-refractivity contribution is 7.80. The lowest BCUT2D eigenvalue weighted by Gasteiger charge is -2.25. The highest BCUT2D eigenvalue weighted by atomic mass is 32.1. The minimum Gasteiger partial charge on any atom is -0.465 e. The smallest absolute Gasteiger partial charge is 0.337 e. The van der Waals surface area contributed by atoms with E-state index in [-0.39, 0.29) is 11.5 Å². The summed E-state index contributed by atoms with van der Waals surface area (Å²) in [5.74, 6) is -1.33. The van der Waals surface area contributed by atoms with E-state index in [1.54, 1.807) is 4.90 Å². The molecule has 0 saturated heterocycles. The number of nitrogens with two attached hydrogens (primary N) is 1. The van der Waals surface area contributed by atoms with Crippen molar-refractivity contribution in [1.29, 1.82) is 0 Å². The number of methoxy groups -OCH3 is 1. The molecule has 8 heteroatoms. The Balaban J connectivity index is 2.01. The average molecular weight is 413 g/mol. The zero-order valence-corrected chi connectivity index (χ0v) is 16.9. The first-order valence-electron chi connectivity index (χ1n) is 9.01. The first-order chi connectivity index (χ1) is 13.9. The summed E-state index contributed by atoms with van der Waals surface area (Å²) >= 11 is 5.37. The lowest BCUT2D eigenvalue weighted by molar-refractivity contribution is -0.118. The van der Waals surface area contributed by atoms with Gasteiger partial charge in [-0.25, -0.2) is 4.79 Å². The first-order valence-corrected chi connectivity index (χ1v) is 9.42. The molecule has 2 amide bonds. The van der Waals surface area contributed by atoms with Crippen LogP contribution in [0.4, 0.5) is 0 Å². The van der Waals surface area contributed by atoms with Gasteiger partial charge in [0.05, 0.1) is 12.7 Å². The number of primary amides is 1. The van der Waals surface area contributed by atoms with Crippen molar-refractivity contribution in [2.45, 2.75) is 12.8 Å². The molecule has 2 rings (SSSR count). The van der Waals surface area contributed by atoms with E-state index in [0.29, 0.717) is 30.6 Å². The third-order valence-electron chi connectivity index (χ3n) is 4.22. The molecule has 0 saturated carbocycles. The summed E-state index contributed by atoms with van der Waals surface area (Å²) in [5.41, 5.74) is 7.06. The zero-order chi connectivity index (χ0) is 21.2. The van der Waals surface area contributed by atoms with Crippen LogP contribution in [0, 0.1) is 0 Å². The second-order valence-corrected chi connectivity index (χ2v) is 6.65. The molecule has 0 bridgehead atoms. The zero-order valence-electron chi connectivity index (χ0n) is 16.1. The number of carbonyl (C=O) groups is 3. The van der Waals surface area contributed by atoms with Crippen LogP contribution in [0.15, 0.2) is 54.6 Å². The molecule has 0 fully saturated rings. The molecule has 0 aliphatic carbocycles. The number of hydrogen-bond donors (Lipinski definition) is 2. The van der Waals surface area contributed by atoms with Crippen LogP contribution in [0.5, 0.6) is 0 Å². The van der Waals surface area contributed by atoms with Gasteiger partial charge in [-0.1, -0.05) is 30.3 Å². The van der Waals surface area contributed by atoms with Crippen molar-refractivity contribution in [2.75, 3.05) is 20.2 Å². The van der Waals surface area contributed by atoms with E-state index < -0.39 is 17.8 Å². The van der Waals surface area contributed by atoms with E-state index in [2.05, 4.69) is 10.1 Å². The van der Waals surface area contributed by atoms with Gasteiger partial charge >= 0.3 is 5.97 Å². The molecule has 0 atom stereocenters. The van der Waals surface area contributed by atoms with Crippen molar-refractivity contribution >= 4 is 35.1 Å². The van der Waals surface area contributed by atoms with Crippen LogP contribution in [0.1, 0.15) is 32.7 Å². The fourth-order valence-electron chi connectivity index (χ4n) is 2.59. The van der Waals surface area contributed by atoms with E-state index in [0.717, 1.165) is 5.56 Å². The number of hydrogen-bond acceptors (Lipinski definition) is 5. The number of thiocarbonyl (C=S) groups is 1. The second-order valence-electron chi connectivity index (χ2n) is 6.27. The number of benzene rings is 2. The normalized spacial score (nSPS) is 10.1. The van der Waals surface area contributed by atoms with Crippen molar-refractivity contribution in [3.05, 3.63) is 71.3 Å². The highest BCUT2D eigenvalue weighted by Gasteiger charge is 2.15. The van der Waals surface area contributed by atoms with Gasteiger partial charge in [0.25, 0.3) is 5.91 Å². The third-order valence-corrected chi connectivity index (χ3v) is 4.58. The van der Waals surface area contributed by atoms with E-state index >= 15 is 0 Å². The molecule has 2 aromatic carbocycles. The number of amides is 2. The number of ether oxygens (including phenoxy) is 1.